The summed E-state index contributed by atoms with van der Waals surface area (Å²) in [5.74, 6) is 0. The van der Waals surface area contributed by atoms with Gasteiger partial charge in [0.05, 0.1) is 13.2 Å². The van der Waals surface area contributed by atoms with Crippen LogP contribution in [0.5, 0.6) is 0 Å². The molecule has 2 aromatic rings. The lowest BCUT2D eigenvalue weighted by Crippen LogP contribution is -2.36. The summed E-state index contributed by atoms with van der Waals surface area (Å²) < 4.78 is 7.28. The van der Waals surface area contributed by atoms with Crippen LogP contribution in [-0.4, -0.2) is 41.1 Å². The highest BCUT2D eigenvalue weighted by atomic mass is 32.1. The van der Waals surface area contributed by atoms with Crippen molar-refractivity contribution in [1.29, 1.82) is 0 Å². The van der Waals surface area contributed by atoms with Crippen LogP contribution in [0, 0.1) is 0 Å². The molecule has 1 aliphatic heterocycles. The molecule has 1 aliphatic rings. The van der Waals surface area contributed by atoms with Crippen LogP contribution in [0.2, 0.25) is 0 Å². The molecule has 0 saturated carbocycles. The maximum Gasteiger partial charge on any atom is 0.218 e. The number of rotatable bonds is 2. The Morgan fingerprint density at radius 1 is 1.06 bits per heavy atom. The van der Waals surface area contributed by atoms with Crippen LogP contribution in [0.4, 0.5) is 5.13 Å². The molecule has 0 N–H and O–H groups in total. The van der Waals surface area contributed by atoms with E-state index in [2.05, 4.69) is 15.1 Å². The average molecular weight is 236 g/mol. The number of aromatic nitrogens is 3. The Morgan fingerprint density at radius 2 is 1.75 bits per heavy atom. The lowest BCUT2D eigenvalue weighted by atomic mass is 10.5. The van der Waals surface area contributed by atoms with Gasteiger partial charge >= 0.3 is 0 Å². The summed E-state index contributed by atoms with van der Waals surface area (Å²) in [5, 5.41) is 10.3. The van der Waals surface area contributed by atoms with Gasteiger partial charge in [0.15, 0.2) is 0 Å². The Morgan fingerprint density at radius 3 is 2.50 bits per heavy atom. The van der Waals surface area contributed by atoms with Gasteiger partial charge in [-0.25, -0.2) is 0 Å². The summed E-state index contributed by atoms with van der Waals surface area (Å²) >= 11 is 1.61. The average Bonchev–Trinajstić information content (AvgIpc) is 3.01. The molecule has 2 aromatic heterocycles. The molecule has 1 fully saturated rings. The zero-order valence-electron chi connectivity index (χ0n) is 8.74. The van der Waals surface area contributed by atoms with E-state index in [1.165, 1.54) is 0 Å². The highest BCUT2D eigenvalue weighted by molar-refractivity contribution is 7.17. The Bertz CT molecular complexity index is 447. The van der Waals surface area contributed by atoms with Crippen molar-refractivity contribution >= 4 is 16.5 Å². The lowest BCUT2D eigenvalue weighted by molar-refractivity contribution is 0.122. The topological polar surface area (TPSA) is 43.2 Å². The smallest absolute Gasteiger partial charge is 0.218 e. The Balaban J connectivity index is 1.82. The van der Waals surface area contributed by atoms with Gasteiger partial charge in [-0.05, 0) is 12.1 Å². The summed E-state index contributed by atoms with van der Waals surface area (Å²) in [5.41, 5.74) is 0. The first-order chi connectivity index (χ1) is 7.93. The SMILES string of the molecule is c1ccn(-c2nnc(N3CCOCC3)s2)c1. The fourth-order valence-corrected chi connectivity index (χ4v) is 2.52. The van der Waals surface area contributed by atoms with Crippen molar-refractivity contribution in [2.24, 2.45) is 0 Å². The van der Waals surface area contributed by atoms with E-state index in [1.807, 2.05) is 29.1 Å². The fourth-order valence-electron chi connectivity index (χ4n) is 1.66. The summed E-state index contributed by atoms with van der Waals surface area (Å²) in [6.45, 7) is 3.36. The fraction of sp³-hybridized carbons (Fsp3) is 0.400. The van der Waals surface area contributed by atoms with Crippen molar-refractivity contribution in [2.45, 2.75) is 0 Å². The number of nitrogens with zero attached hydrogens (tertiary/aromatic N) is 4. The van der Waals surface area contributed by atoms with Gasteiger partial charge in [0.2, 0.25) is 10.3 Å². The van der Waals surface area contributed by atoms with Gasteiger partial charge < -0.3 is 9.64 Å². The molecule has 3 rings (SSSR count). The molecule has 6 heteroatoms. The highest BCUT2D eigenvalue weighted by Crippen LogP contribution is 2.23. The minimum Gasteiger partial charge on any atom is -0.378 e. The molecular formula is C10H12N4OS. The van der Waals surface area contributed by atoms with Crippen LogP contribution in [0.3, 0.4) is 0 Å². The predicted octanol–water partition coefficient (Wildman–Crippen LogP) is 1.17. The first-order valence-electron chi connectivity index (χ1n) is 5.23. The van der Waals surface area contributed by atoms with Crippen LogP contribution in [0.15, 0.2) is 24.5 Å². The summed E-state index contributed by atoms with van der Waals surface area (Å²) in [7, 11) is 0. The molecule has 0 aliphatic carbocycles. The van der Waals surface area contributed by atoms with E-state index in [0.717, 1.165) is 36.6 Å². The zero-order chi connectivity index (χ0) is 10.8. The molecule has 84 valence electrons. The number of hydrogen-bond acceptors (Lipinski definition) is 5. The van der Waals surface area contributed by atoms with Crippen LogP contribution in [0.1, 0.15) is 0 Å². The molecule has 3 heterocycles. The predicted molar refractivity (Wildman–Crippen MR) is 62.3 cm³/mol. The van der Waals surface area contributed by atoms with Crippen molar-refractivity contribution < 1.29 is 4.74 Å². The molecule has 0 radical (unpaired) electrons. The van der Waals surface area contributed by atoms with Crippen molar-refractivity contribution in [3.63, 3.8) is 0 Å². The molecule has 0 spiro atoms. The van der Waals surface area contributed by atoms with E-state index in [0.29, 0.717) is 0 Å². The number of morpholine rings is 1. The number of anilines is 1. The molecule has 0 bridgehead atoms. The van der Waals surface area contributed by atoms with Crippen molar-refractivity contribution in [1.82, 2.24) is 14.8 Å². The standard InChI is InChI=1S/C10H12N4OS/c1-2-4-13(3-1)9-11-12-10(16-9)14-5-7-15-8-6-14/h1-4H,5-8H2. The van der Waals surface area contributed by atoms with Gasteiger partial charge in [-0.2, -0.15) is 0 Å². The van der Waals surface area contributed by atoms with Gasteiger partial charge in [-0.1, -0.05) is 11.3 Å². The third-order valence-electron chi connectivity index (χ3n) is 2.51. The summed E-state index contributed by atoms with van der Waals surface area (Å²) in [4.78, 5) is 2.22. The highest BCUT2D eigenvalue weighted by Gasteiger charge is 2.15. The van der Waals surface area contributed by atoms with Crippen LogP contribution >= 0.6 is 11.3 Å². The van der Waals surface area contributed by atoms with E-state index in [4.69, 9.17) is 4.74 Å². The number of hydrogen-bond donors (Lipinski definition) is 0. The van der Waals surface area contributed by atoms with Crippen LogP contribution < -0.4 is 4.90 Å². The molecule has 16 heavy (non-hydrogen) atoms. The molecule has 0 aromatic carbocycles. The molecule has 0 amide bonds. The van der Waals surface area contributed by atoms with Crippen molar-refractivity contribution in [2.75, 3.05) is 31.2 Å². The van der Waals surface area contributed by atoms with Crippen LogP contribution in [0.25, 0.3) is 5.13 Å². The van der Waals surface area contributed by atoms with Gasteiger partial charge in [0.1, 0.15) is 0 Å². The van der Waals surface area contributed by atoms with Gasteiger partial charge in [-0.15, -0.1) is 10.2 Å². The Labute approximate surface area is 97.3 Å². The third kappa shape index (κ3) is 1.81. The third-order valence-corrected chi connectivity index (χ3v) is 3.51. The monoisotopic (exact) mass is 236 g/mol. The van der Waals surface area contributed by atoms with Crippen molar-refractivity contribution in [3.8, 4) is 5.13 Å². The largest absolute Gasteiger partial charge is 0.378 e. The molecule has 0 unspecified atom stereocenters. The molecule has 1 saturated heterocycles. The quantitative estimate of drug-likeness (QED) is 0.785. The minimum atomic E-state index is 0.776. The van der Waals surface area contributed by atoms with E-state index < -0.39 is 0 Å². The molecule has 5 nitrogen and oxygen atoms in total. The molecule has 0 atom stereocenters. The first-order valence-corrected chi connectivity index (χ1v) is 6.05. The zero-order valence-corrected chi connectivity index (χ0v) is 9.56. The second-order valence-corrected chi connectivity index (χ2v) is 4.49. The lowest BCUT2D eigenvalue weighted by Gasteiger charge is -2.25. The first kappa shape index (κ1) is 9.80. The summed E-state index contributed by atoms with van der Waals surface area (Å²) in [6.07, 6.45) is 3.95. The Kier molecular flexibility index (Phi) is 2.59. The normalized spacial score (nSPS) is 16.6. The van der Waals surface area contributed by atoms with Gasteiger partial charge in [0, 0.05) is 25.5 Å². The second kappa shape index (κ2) is 4.23. The van der Waals surface area contributed by atoms with Gasteiger partial charge in [0.25, 0.3) is 0 Å². The second-order valence-electron chi connectivity index (χ2n) is 3.56. The van der Waals surface area contributed by atoms with E-state index >= 15 is 0 Å². The van der Waals surface area contributed by atoms with Crippen LogP contribution in [-0.2, 0) is 4.74 Å². The molecular weight excluding hydrogens is 224 g/mol. The maximum atomic E-state index is 5.31. The Hall–Kier alpha value is -1.40. The van der Waals surface area contributed by atoms with E-state index in [9.17, 15) is 0 Å². The van der Waals surface area contributed by atoms with Crippen molar-refractivity contribution in [3.05, 3.63) is 24.5 Å². The summed E-state index contributed by atoms with van der Waals surface area (Å²) in [6, 6.07) is 3.96. The maximum absolute atomic E-state index is 5.31. The number of ether oxygens (including phenoxy) is 1. The van der Waals surface area contributed by atoms with E-state index in [-0.39, 0.29) is 0 Å². The van der Waals surface area contributed by atoms with E-state index in [1.54, 1.807) is 11.3 Å². The minimum absolute atomic E-state index is 0.776. The van der Waals surface area contributed by atoms with Gasteiger partial charge in [-0.3, -0.25) is 4.57 Å².